The summed E-state index contributed by atoms with van der Waals surface area (Å²) in [4.78, 5) is 13.5. The Morgan fingerprint density at radius 2 is 2.05 bits per heavy atom. The molecule has 3 rings (SSSR count). The second kappa shape index (κ2) is 5.58. The molecule has 0 saturated carbocycles. The molecular formula is C13H18N2O4S2. The average molecular weight is 330 g/mol. The van der Waals surface area contributed by atoms with Crippen LogP contribution in [-0.2, 0) is 14.8 Å². The normalized spacial score (nSPS) is 25.3. The van der Waals surface area contributed by atoms with E-state index in [0.717, 1.165) is 0 Å². The molecule has 2 saturated heterocycles. The molecule has 0 radical (unpaired) electrons. The van der Waals surface area contributed by atoms with Crippen LogP contribution in [0.2, 0.25) is 0 Å². The van der Waals surface area contributed by atoms with Gasteiger partial charge in [0.1, 0.15) is 10.3 Å². The summed E-state index contributed by atoms with van der Waals surface area (Å²) in [6.07, 6.45) is 0.964. The first-order valence-electron chi connectivity index (χ1n) is 6.99. The third-order valence-corrected chi connectivity index (χ3v) is 7.22. The number of ether oxygens (including phenoxy) is 1. The Morgan fingerprint density at radius 3 is 2.57 bits per heavy atom. The van der Waals surface area contributed by atoms with E-state index >= 15 is 0 Å². The van der Waals surface area contributed by atoms with Gasteiger partial charge in [0, 0.05) is 19.1 Å². The molecule has 1 amide bonds. The van der Waals surface area contributed by atoms with Gasteiger partial charge in [-0.1, -0.05) is 6.07 Å². The number of nitrogens with zero attached hydrogens (tertiary/aromatic N) is 2. The van der Waals surface area contributed by atoms with Crippen molar-refractivity contribution in [1.29, 1.82) is 0 Å². The van der Waals surface area contributed by atoms with Gasteiger partial charge >= 0.3 is 6.09 Å². The van der Waals surface area contributed by atoms with E-state index in [0.29, 0.717) is 36.7 Å². The molecule has 1 aromatic heterocycles. The van der Waals surface area contributed by atoms with Crippen molar-refractivity contribution in [2.45, 2.75) is 36.1 Å². The van der Waals surface area contributed by atoms with E-state index in [1.54, 1.807) is 22.4 Å². The van der Waals surface area contributed by atoms with Crippen LogP contribution in [0.5, 0.6) is 0 Å². The molecule has 2 fully saturated rings. The maximum absolute atomic E-state index is 12.4. The second-order valence-electron chi connectivity index (χ2n) is 5.41. The number of piperidine rings is 1. The summed E-state index contributed by atoms with van der Waals surface area (Å²) in [6.45, 7) is 3.36. The fourth-order valence-electron chi connectivity index (χ4n) is 2.86. The zero-order valence-electron chi connectivity index (χ0n) is 11.8. The van der Waals surface area contributed by atoms with Gasteiger partial charge in [0.05, 0.1) is 6.54 Å². The molecule has 8 heteroatoms. The number of hydrogen-bond acceptors (Lipinski definition) is 5. The van der Waals surface area contributed by atoms with Gasteiger partial charge < -0.3 is 9.64 Å². The van der Waals surface area contributed by atoms with Crippen LogP contribution in [-0.4, -0.2) is 55.5 Å². The molecule has 0 bridgehead atoms. The van der Waals surface area contributed by atoms with E-state index in [1.165, 1.54) is 15.6 Å². The topological polar surface area (TPSA) is 66.9 Å². The van der Waals surface area contributed by atoms with Crippen molar-refractivity contribution >= 4 is 27.5 Å². The van der Waals surface area contributed by atoms with E-state index in [-0.39, 0.29) is 18.2 Å². The minimum absolute atomic E-state index is 0.0784. The maximum atomic E-state index is 12.4. The van der Waals surface area contributed by atoms with E-state index in [9.17, 15) is 13.2 Å². The predicted molar refractivity (Wildman–Crippen MR) is 78.7 cm³/mol. The molecule has 21 heavy (non-hydrogen) atoms. The average Bonchev–Trinajstić information content (AvgIpc) is 3.09. The highest BCUT2D eigenvalue weighted by molar-refractivity contribution is 7.91. The van der Waals surface area contributed by atoms with Crippen molar-refractivity contribution in [2.75, 3.05) is 19.6 Å². The molecule has 0 N–H and O–H groups in total. The molecule has 2 aliphatic rings. The first kappa shape index (κ1) is 14.8. The first-order valence-corrected chi connectivity index (χ1v) is 9.31. The van der Waals surface area contributed by atoms with Gasteiger partial charge in [-0.2, -0.15) is 4.31 Å². The van der Waals surface area contributed by atoms with Crippen molar-refractivity contribution in [3.05, 3.63) is 17.5 Å². The predicted octanol–water partition coefficient (Wildman–Crippen LogP) is 1.74. The van der Waals surface area contributed by atoms with Crippen LogP contribution in [0.25, 0.3) is 0 Å². The van der Waals surface area contributed by atoms with Crippen LogP contribution in [0.1, 0.15) is 19.8 Å². The lowest BCUT2D eigenvalue weighted by Crippen LogP contribution is -2.47. The Bertz CT molecular complexity index is 606. The van der Waals surface area contributed by atoms with E-state index < -0.39 is 10.0 Å². The Labute approximate surface area is 128 Å². The monoisotopic (exact) mass is 330 g/mol. The third-order valence-electron chi connectivity index (χ3n) is 3.94. The van der Waals surface area contributed by atoms with Gasteiger partial charge in [0.15, 0.2) is 0 Å². The summed E-state index contributed by atoms with van der Waals surface area (Å²) in [5, 5.41) is 1.77. The minimum Gasteiger partial charge on any atom is -0.444 e. The molecule has 3 heterocycles. The highest BCUT2D eigenvalue weighted by Crippen LogP contribution is 2.27. The number of sulfonamides is 1. The summed E-state index contributed by atoms with van der Waals surface area (Å²) in [5.41, 5.74) is 0. The van der Waals surface area contributed by atoms with E-state index in [1.807, 2.05) is 6.92 Å². The molecule has 1 aromatic rings. The molecule has 0 aliphatic carbocycles. The van der Waals surface area contributed by atoms with Gasteiger partial charge in [0.25, 0.3) is 10.0 Å². The summed E-state index contributed by atoms with van der Waals surface area (Å²) < 4.78 is 31.9. The number of hydrogen-bond donors (Lipinski definition) is 0. The SMILES string of the molecule is CC1CN(C2CCN(S(=O)(=O)c3cccs3)CC2)C(=O)O1. The molecule has 2 aliphatic heterocycles. The van der Waals surface area contributed by atoms with Crippen LogP contribution >= 0.6 is 11.3 Å². The lowest BCUT2D eigenvalue weighted by molar-refractivity contribution is 0.124. The first-order chi connectivity index (χ1) is 9.98. The van der Waals surface area contributed by atoms with E-state index in [2.05, 4.69) is 0 Å². The minimum atomic E-state index is -3.37. The summed E-state index contributed by atoms with van der Waals surface area (Å²) in [7, 11) is -3.37. The highest BCUT2D eigenvalue weighted by Gasteiger charge is 2.38. The van der Waals surface area contributed by atoms with Crippen LogP contribution in [0, 0.1) is 0 Å². The van der Waals surface area contributed by atoms with Gasteiger partial charge in [0.2, 0.25) is 0 Å². The molecular weight excluding hydrogens is 312 g/mol. The maximum Gasteiger partial charge on any atom is 0.410 e. The lowest BCUT2D eigenvalue weighted by atomic mass is 10.1. The Kier molecular flexibility index (Phi) is 3.94. The third kappa shape index (κ3) is 2.79. The summed E-state index contributed by atoms with van der Waals surface area (Å²) in [6, 6.07) is 3.45. The molecule has 1 unspecified atom stereocenters. The fraction of sp³-hybridized carbons (Fsp3) is 0.615. The summed E-state index contributed by atoms with van der Waals surface area (Å²) >= 11 is 1.24. The van der Waals surface area contributed by atoms with Crippen LogP contribution in [0.3, 0.4) is 0 Å². The Hall–Kier alpha value is -1.12. The Balaban J connectivity index is 1.65. The van der Waals surface area contributed by atoms with Crippen molar-refractivity contribution in [2.24, 2.45) is 0 Å². The van der Waals surface area contributed by atoms with Crippen molar-refractivity contribution in [3.8, 4) is 0 Å². The number of carbonyl (C=O) groups is 1. The Morgan fingerprint density at radius 1 is 1.33 bits per heavy atom. The number of thiophene rings is 1. The smallest absolute Gasteiger partial charge is 0.410 e. The fourth-order valence-corrected chi connectivity index (χ4v) is 5.47. The number of carbonyl (C=O) groups excluding carboxylic acids is 1. The van der Waals surface area contributed by atoms with E-state index in [4.69, 9.17) is 4.74 Å². The molecule has 6 nitrogen and oxygen atoms in total. The number of rotatable bonds is 3. The number of cyclic esters (lactones) is 1. The lowest BCUT2D eigenvalue weighted by Gasteiger charge is -2.34. The number of amides is 1. The van der Waals surface area contributed by atoms with Crippen molar-refractivity contribution in [3.63, 3.8) is 0 Å². The molecule has 0 spiro atoms. The second-order valence-corrected chi connectivity index (χ2v) is 8.53. The quantitative estimate of drug-likeness (QED) is 0.847. The summed E-state index contributed by atoms with van der Waals surface area (Å²) in [5.74, 6) is 0. The van der Waals surface area contributed by atoms with Crippen LogP contribution < -0.4 is 0 Å². The van der Waals surface area contributed by atoms with Gasteiger partial charge in [-0.25, -0.2) is 13.2 Å². The zero-order valence-corrected chi connectivity index (χ0v) is 13.4. The molecule has 116 valence electrons. The standard InChI is InChI=1S/C13H18N2O4S2/c1-10-9-15(13(16)19-10)11-4-6-14(7-5-11)21(17,18)12-3-2-8-20-12/h2-3,8,10-11H,4-7,9H2,1H3. The van der Waals surface area contributed by atoms with Gasteiger partial charge in [-0.15, -0.1) is 11.3 Å². The van der Waals surface area contributed by atoms with Crippen molar-refractivity contribution in [1.82, 2.24) is 9.21 Å². The molecule has 1 atom stereocenters. The largest absolute Gasteiger partial charge is 0.444 e. The van der Waals surface area contributed by atoms with Crippen LogP contribution in [0.15, 0.2) is 21.7 Å². The van der Waals surface area contributed by atoms with Crippen molar-refractivity contribution < 1.29 is 17.9 Å². The molecule has 0 aromatic carbocycles. The van der Waals surface area contributed by atoms with Gasteiger partial charge in [-0.05, 0) is 31.2 Å². The van der Waals surface area contributed by atoms with Gasteiger partial charge in [-0.3, -0.25) is 0 Å². The zero-order chi connectivity index (χ0) is 15.0. The highest BCUT2D eigenvalue weighted by atomic mass is 32.2. The van der Waals surface area contributed by atoms with Crippen LogP contribution in [0.4, 0.5) is 4.79 Å².